The summed E-state index contributed by atoms with van der Waals surface area (Å²) in [5, 5.41) is 5.50. The molecule has 0 aromatic heterocycles. The van der Waals surface area contributed by atoms with Crippen LogP contribution >= 0.6 is 23.5 Å². The molecule has 9 rings (SSSR count). The second-order valence-corrected chi connectivity index (χ2v) is 16.3. The van der Waals surface area contributed by atoms with Gasteiger partial charge in [-0.3, -0.25) is 0 Å². The quantitative estimate of drug-likeness (QED) is 0.187. The van der Waals surface area contributed by atoms with Crippen LogP contribution in [0.3, 0.4) is 0 Å². The number of anilines is 3. The van der Waals surface area contributed by atoms with Gasteiger partial charge in [0.05, 0.1) is 11.4 Å². The maximum Gasteiger partial charge on any atom is 0.190 e. The average Bonchev–Trinajstić information content (AvgIpc) is 3.03. The molecule has 1 spiro atoms. The Labute approximate surface area is 248 Å². The van der Waals surface area contributed by atoms with Crippen molar-refractivity contribution in [3.8, 4) is 11.5 Å². The lowest BCUT2D eigenvalue weighted by molar-refractivity contribution is 0.487. The maximum absolute atomic E-state index is 6.59. The zero-order valence-corrected chi connectivity index (χ0v) is 24.6. The van der Waals surface area contributed by atoms with Crippen LogP contribution in [-0.2, 0) is 0 Å². The molecule has 3 aliphatic heterocycles. The van der Waals surface area contributed by atoms with Crippen LogP contribution in [0.4, 0.5) is 17.1 Å². The van der Waals surface area contributed by atoms with Crippen LogP contribution in [0.1, 0.15) is 0 Å². The van der Waals surface area contributed by atoms with Crippen LogP contribution < -0.4 is 30.4 Å². The largest absolute Gasteiger partial charge is 0.458 e. The average molecular weight is 578 g/mol. The number of fused-ring (bicyclic) bond motifs is 10. The SMILES string of the molecule is c1ccc2c(c1)Oc1ccccc1[Si]21c2ccccc2Sc2ccc(N3c4ccccc4Sc4ccccc43)cc21. The molecule has 3 aliphatic rings. The normalized spacial score (nSPS) is 15.0. The summed E-state index contributed by atoms with van der Waals surface area (Å²) < 4.78 is 6.59. The summed E-state index contributed by atoms with van der Waals surface area (Å²) in [5.41, 5.74) is 3.64. The van der Waals surface area contributed by atoms with Gasteiger partial charge < -0.3 is 9.64 Å². The van der Waals surface area contributed by atoms with Crippen LogP contribution in [-0.4, -0.2) is 8.07 Å². The lowest BCUT2D eigenvalue weighted by atomic mass is 10.2. The highest BCUT2D eigenvalue weighted by molar-refractivity contribution is 8.00. The van der Waals surface area contributed by atoms with E-state index in [2.05, 4.69) is 144 Å². The number of ether oxygens (including phenoxy) is 1. The molecular formula is C36H23NOS2Si. The summed E-state index contributed by atoms with van der Waals surface area (Å²) in [7, 11) is -2.71. The van der Waals surface area contributed by atoms with Crippen molar-refractivity contribution in [3.63, 3.8) is 0 Å². The van der Waals surface area contributed by atoms with E-state index in [0.717, 1.165) is 11.5 Å². The first kappa shape index (κ1) is 23.5. The van der Waals surface area contributed by atoms with Gasteiger partial charge in [0.1, 0.15) is 11.5 Å². The van der Waals surface area contributed by atoms with Gasteiger partial charge in [-0.05, 0) is 81.4 Å². The van der Waals surface area contributed by atoms with E-state index in [1.54, 1.807) is 0 Å². The van der Waals surface area contributed by atoms with E-state index in [4.69, 9.17) is 4.74 Å². The van der Waals surface area contributed by atoms with Crippen molar-refractivity contribution in [3.05, 3.63) is 140 Å². The Morgan fingerprint density at radius 2 is 0.927 bits per heavy atom. The van der Waals surface area contributed by atoms with Crippen LogP contribution in [0.15, 0.2) is 159 Å². The molecule has 0 fully saturated rings. The van der Waals surface area contributed by atoms with Crippen molar-refractivity contribution < 1.29 is 4.74 Å². The van der Waals surface area contributed by atoms with Crippen LogP contribution in [0.5, 0.6) is 11.5 Å². The highest BCUT2D eigenvalue weighted by atomic mass is 32.2. The predicted octanol–water partition coefficient (Wildman–Crippen LogP) is 7.57. The van der Waals surface area contributed by atoms with Gasteiger partial charge in [0.15, 0.2) is 8.07 Å². The molecule has 0 atom stereocenters. The maximum atomic E-state index is 6.59. The van der Waals surface area contributed by atoms with Gasteiger partial charge in [-0.2, -0.15) is 0 Å². The fourth-order valence-corrected chi connectivity index (χ4v) is 14.9. The third-order valence-corrected chi connectivity index (χ3v) is 15.9. The van der Waals surface area contributed by atoms with Crippen molar-refractivity contribution in [2.45, 2.75) is 19.6 Å². The summed E-state index contributed by atoms with van der Waals surface area (Å²) in [4.78, 5) is 7.68. The molecule has 0 unspecified atom stereocenters. The molecule has 5 heteroatoms. The minimum atomic E-state index is -2.71. The van der Waals surface area contributed by atoms with Crippen LogP contribution in [0, 0.1) is 0 Å². The zero-order chi connectivity index (χ0) is 27.0. The van der Waals surface area contributed by atoms with Gasteiger partial charge in [0.25, 0.3) is 0 Å². The van der Waals surface area contributed by atoms with E-state index in [1.807, 2.05) is 23.5 Å². The van der Waals surface area contributed by atoms with E-state index < -0.39 is 8.07 Å². The number of rotatable bonds is 1. The molecule has 0 saturated heterocycles. The third-order valence-electron chi connectivity index (χ3n) is 8.37. The molecule has 0 bridgehead atoms. The Morgan fingerprint density at radius 1 is 0.439 bits per heavy atom. The summed E-state index contributed by atoms with van der Waals surface area (Å²) in [6, 6.07) is 51.1. The molecule has 2 nitrogen and oxygen atoms in total. The molecule has 6 aromatic rings. The first-order chi connectivity index (χ1) is 20.3. The molecule has 41 heavy (non-hydrogen) atoms. The number of para-hydroxylation sites is 4. The zero-order valence-electron chi connectivity index (χ0n) is 22.0. The number of hydrogen-bond acceptors (Lipinski definition) is 4. The van der Waals surface area contributed by atoms with Gasteiger partial charge in [0.2, 0.25) is 0 Å². The van der Waals surface area contributed by atoms with Crippen molar-refractivity contribution in [2.75, 3.05) is 4.90 Å². The fraction of sp³-hybridized carbons (Fsp3) is 0. The van der Waals surface area contributed by atoms with E-state index in [9.17, 15) is 0 Å². The first-order valence-electron chi connectivity index (χ1n) is 13.8. The molecule has 0 aliphatic carbocycles. The standard InChI is InChI=1S/C36H23NOS2Si/c1-5-15-29-25(11-1)37(26-12-2-6-16-30(26)39-29)24-21-22-32-36(23-24)41(35-20-10-7-17-31(35)40-32)33-18-8-3-13-27(33)38-28-14-4-9-19-34(28)41/h1-23H. The van der Waals surface area contributed by atoms with E-state index in [-0.39, 0.29) is 0 Å². The molecular weight excluding hydrogens is 555 g/mol. The van der Waals surface area contributed by atoms with Crippen LogP contribution in [0.25, 0.3) is 0 Å². The topological polar surface area (TPSA) is 12.5 Å². The van der Waals surface area contributed by atoms with Gasteiger partial charge >= 0.3 is 0 Å². The van der Waals surface area contributed by atoms with Crippen molar-refractivity contribution in [1.29, 1.82) is 0 Å². The Hall–Kier alpha value is -4.16. The van der Waals surface area contributed by atoms with Crippen LogP contribution in [0.2, 0.25) is 0 Å². The molecule has 194 valence electrons. The monoisotopic (exact) mass is 577 g/mol. The molecule has 0 radical (unpaired) electrons. The fourth-order valence-electron chi connectivity index (χ4n) is 6.73. The molecule has 3 heterocycles. The first-order valence-corrected chi connectivity index (χ1v) is 17.4. The second kappa shape index (κ2) is 8.92. The summed E-state index contributed by atoms with van der Waals surface area (Å²) in [6.07, 6.45) is 0. The Balaban J connectivity index is 1.38. The van der Waals surface area contributed by atoms with Crippen molar-refractivity contribution >= 4 is 69.4 Å². The molecule has 0 amide bonds. The Bertz CT molecular complexity index is 1870. The van der Waals surface area contributed by atoms with Crippen molar-refractivity contribution in [1.82, 2.24) is 0 Å². The van der Waals surface area contributed by atoms with Gasteiger partial charge in [-0.15, -0.1) is 0 Å². The third kappa shape index (κ3) is 3.28. The second-order valence-electron chi connectivity index (χ2n) is 10.5. The number of nitrogens with zero attached hydrogens (tertiary/aromatic N) is 1. The number of hydrogen-bond donors (Lipinski definition) is 0. The molecule has 0 saturated carbocycles. The lowest BCUT2D eigenvalue weighted by Crippen LogP contribution is -2.77. The van der Waals surface area contributed by atoms with Gasteiger partial charge in [-0.25, -0.2) is 0 Å². The summed E-state index contributed by atoms with van der Waals surface area (Å²) in [6.45, 7) is 0. The van der Waals surface area contributed by atoms with E-state index in [1.165, 1.54) is 57.4 Å². The van der Waals surface area contributed by atoms with E-state index >= 15 is 0 Å². The highest BCUT2D eigenvalue weighted by Gasteiger charge is 2.52. The Kier molecular flexibility index (Phi) is 5.12. The Morgan fingerprint density at radius 3 is 1.59 bits per heavy atom. The van der Waals surface area contributed by atoms with Gasteiger partial charge in [0, 0.05) is 25.3 Å². The molecule has 6 aromatic carbocycles. The molecule has 0 N–H and O–H groups in total. The minimum absolute atomic E-state index is 0.973. The summed E-state index contributed by atoms with van der Waals surface area (Å²) >= 11 is 3.75. The van der Waals surface area contributed by atoms with Gasteiger partial charge in [-0.1, -0.05) is 102 Å². The smallest absolute Gasteiger partial charge is 0.190 e. The van der Waals surface area contributed by atoms with Crippen molar-refractivity contribution in [2.24, 2.45) is 0 Å². The minimum Gasteiger partial charge on any atom is -0.458 e. The highest BCUT2D eigenvalue weighted by Crippen LogP contribution is 2.51. The van der Waals surface area contributed by atoms with E-state index in [0.29, 0.717) is 0 Å². The predicted molar refractivity (Wildman–Crippen MR) is 173 cm³/mol. The lowest BCUT2D eigenvalue weighted by Gasteiger charge is -2.44. The summed E-state index contributed by atoms with van der Waals surface area (Å²) in [5.74, 6) is 1.95. The number of benzene rings is 6.